The second kappa shape index (κ2) is 10.3. The summed E-state index contributed by atoms with van der Waals surface area (Å²) in [5.74, 6) is -0.0921. The molecule has 1 amide bonds. The standard InChI is InChI=1S/C24H34N6O/c1-20(2)27-16-9-21(10-17-27)28-14-5-15-29(19-18-28)30(22-7-12-25-13-8-22)24(31)23-6-3-4-11-26-23/h3-4,6-8,11-13,20-21H,5,9-10,14-19H2,1-2H3. The molecule has 2 aromatic heterocycles. The fraction of sp³-hybridized carbons (Fsp3) is 0.542. The van der Waals surface area contributed by atoms with Gasteiger partial charge in [0.15, 0.2) is 0 Å². The Morgan fingerprint density at radius 2 is 1.74 bits per heavy atom. The Bertz CT molecular complexity index is 822. The SMILES string of the molecule is CC(C)N1CCC(N2CCCN(N(C(=O)c3ccccn3)c3ccncc3)CC2)CC1. The fourth-order valence-electron chi connectivity index (χ4n) is 4.75. The Labute approximate surface area is 185 Å². The summed E-state index contributed by atoms with van der Waals surface area (Å²) >= 11 is 0. The van der Waals surface area contributed by atoms with Gasteiger partial charge in [-0.05, 0) is 77.0 Å². The number of anilines is 1. The number of rotatable bonds is 5. The van der Waals surface area contributed by atoms with Gasteiger partial charge in [0.2, 0.25) is 0 Å². The molecule has 0 aromatic carbocycles. The molecular weight excluding hydrogens is 388 g/mol. The predicted molar refractivity (Wildman–Crippen MR) is 123 cm³/mol. The van der Waals surface area contributed by atoms with E-state index in [0.29, 0.717) is 17.8 Å². The van der Waals surface area contributed by atoms with Crippen LogP contribution in [0, 0.1) is 0 Å². The number of nitrogens with zero attached hydrogens (tertiary/aromatic N) is 6. The summed E-state index contributed by atoms with van der Waals surface area (Å²) in [5, 5.41) is 3.99. The second-order valence-electron chi connectivity index (χ2n) is 8.74. The molecule has 4 rings (SSSR count). The number of carbonyl (C=O) groups is 1. The van der Waals surface area contributed by atoms with Crippen LogP contribution in [0.15, 0.2) is 48.9 Å². The third-order valence-electron chi connectivity index (χ3n) is 6.52. The Morgan fingerprint density at radius 3 is 2.42 bits per heavy atom. The molecule has 2 saturated heterocycles. The highest BCUT2D eigenvalue weighted by molar-refractivity contribution is 6.04. The first-order valence-corrected chi connectivity index (χ1v) is 11.5. The highest BCUT2D eigenvalue weighted by Gasteiger charge is 2.31. The van der Waals surface area contributed by atoms with Gasteiger partial charge in [-0.25, -0.2) is 10.0 Å². The highest BCUT2D eigenvalue weighted by Crippen LogP contribution is 2.23. The van der Waals surface area contributed by atoms with E-state index in [-0.39, 0.29) is 5.91 Å². The molecule has 7 heteroatoms. The zero-order valence-electron chi connectivity index (χ0n) is 18.7. The van der Waals surface area contributed by atoms with Crippen molar-refractivity contribution < 1.29 is 4.79 Å². The Morgan fingerprint density at radius 1 is 0.968 bits per heavy atom. The van der Waals surface area contributed by atoms with Crippen molar-refractivity contribution in [3.05, 3.63) is 54.6 Å². The lowest BCUT2D eigenvalue weighted by atomic mass is 10.0. The smallest absolute Gasteiger partial charge is 0.291 e. The maximum Gasteiger partial charge on any atom is 0.291 e. The van der Waals surface area contributed by atoms with Crippen molar-refractivity contribution in [2.24, 2.45) is 0 Å². The summed E-state index contributed by atoms with van der Waals surface area (Å²) in [6.45, 7) is 10.7. The van der Waals surface area contributed by atoms with E-state index in [1.165, 1.54) is 25.9 Å². The quantitative estimate of drug-likeness (QED) is 0.739. The van der Waals surface area contributed by atoms with Crippen LogP contribution in [0.1, 0.15) is 43.6 Å². The molecular formula is C24H34N6O. The minimum Gasteiger partial charge on any atom is -0.301 e. The van der Waals surface area contributed by atoms with Crippen LogP contribution < -0.4 is 5.01 Å². The molecule has 31 heavy (non-hydrogen) atoms. The number of hydrogen-bond donors (Lipinski definition) is 0. The van der Waals surface area contributed by atoms with Crippen LogP contribution in [0.4, 0.5) is 5.69 Å². The van der Waals surface area contributed by atoms with Crippen LogP contribution in [0.2, 0.25) is 0 Å². The number of likely N-dealkylation sites (tertiary alicyclic amines) is 1. The molecule has 4 heterocycles. The summed E-state index contributed by atoms with van der Waals surface area (Å²) in [4.78, 5) is 27.1. The van der Waals surface area contributed by atoms with Crippen LogP contribution in [0.25, 0.3) is 0 Å². The van der Waals surface area contributed by atoms with E-state index in [4.69, 9.17) is 0 Å². The van der Waals surface area contributed by atoms with Gasteiger partial charge >= 0.3 is 0 Å². The molecule has 0 unspecified atom stereocenters. The minimum absolute atomic E-state index is 0.0921. The molecule has 2 aliphatic heterocycles. The lowest BCUT2D eigenvalue weighted by Gasteiger charge is -2.40. The third-order valence-corrected chi connectivity index (χ3v) is 6.52. The van der Waals surface area contributed by atoms with Crippen molar-refractivity contribution in [2.75, 3.05) is 44.3 Å². The first-order valence-electron chi connectivity index (χ1n) is 11.5. The monoisotopic (exact) mass is 422 g/mol. The topological polar surface area (TPSA) is 55.8 Å². The van der Waals surface area contributed by atoms with E-state index in [9.17, 15) is 4.79 Å². The number of aromatic nitrogens is 2. The Balaban J connectivity index is 1.47. The van der Waals surface area contributed by atoms with E-state index in [1.807, 2.05) is 24.3 Å². The van der Waals surface area contributed by atoms with E-state index in [2.05, 4.69) is 38.6 Å². The zero-order valence-corrected chi connectivity index (χ0v) is 18.7. The van der Waals surface area contributed by atoms with E-state index in [0.717, 1.165) is 38.3 Å². The normalized spacial score (nSPS) is 20.0. The molecule has 7 nitrogen and oxygen atoms in total. The largest absolute Gasteiger partial charge is 0.301 e. The molecule has 166 valence electrons. The summed E-state index contributed by atoms with van der Waals surface area (Å²) in [5.41, 5.74) is 1.30. The van der Waals surface area contributed by atoms with Crippen molar-refractivity contribution in [2.45, 2.75) is 45.2 Å². The van der Waals surface area contributed by atoms with E-state index >= 15 is 0 Å². The molecule has 0 bridgehead atoms. The number of pyridine rings is 2. The van der Waals surface area contributed by atoms with Gasteiger partial charge in [0.25, 0.3) is 5.91 Å². The Hall–Kier alpha value is -2.35. The maximum absolute atomic E-state index is 13.4. The molecule has 2 aliphatic rings. The van der Waals surface area contributed by atoms with E-state index in [1.54, 1.807) is 29.7 Å². The molecule has 2 aromatic rings. The van der Waals surface area contributed by atoms with Gasteiger partial charge in [-0.2, -0.15) is 0 Å². The van der Waals surface area contributed by atoms with Gasteiger partial charge in [-0.3, -0.25) is 19.7 Å². The number of hydrazine groups is 1. The first kappa shape index (κ1) is 21.9. The number of amides is 1. The molecule has 0 saturated carbocycles. The first-order chi connectivity index (χ1) is 15.1. The van der Waals surface area contributed by atoms with Crippen molar-refractivity contribution in [1.29, 1.82) is 0 Å². The minimum atomic E-state index is -0.0921. The summed E-state index contributed by atoms with van der Waals surface area (Å²) in [6.07, 6.45) is 8.66. The molecule has 0 radical (unpaired) electrons. The molecule has 2 fully saturated rings. The lowest BCUT2D eigenvalue weighted by molar-refractivity contribution is 0.0858. The van der Waals surface area contributed by atoms with Crippen LogP contribution in [-0.4, -0.2) is 82.0 Å². The molecule has 0 spiro atoms. The van der Waals surface area contributed by atoms with Crippen molar-refractivity contribution >= 4 is 11.6 Å². The van der Waals surface area contributed by atoms with Gasteiger partial charge in [0, 0.05) is 50.3 Å². The fourth-order valence-corrected chi connectivity index (χ4v) is 4.75. The van der Waals surface area contributed by atoms with Gasteiger partial charge in [0.05, 0.1) is 5.69 Å². The lowest BCUT2D eigenvalue weighted by Crippen LogP contribution is -2.50. The van der Waals surface area contributed by atoms with Crippen LogP contribution in [0.3, 0.4) is 0 Å². The second-order valence-corrected chi connectivity index (χ2v) is 8.74. The van der Waals surface area contributed by atoms with Gasteiger partial charge in [-0.1, -0.05) is 6.07 Å². The van der Waals surface area contributed by atoms with Crippen LogP contribution in [0.5, 0.6) is 0 Å². The number of hydrogen-bond acceptors (Lipinski definition) is 6. The van der Waals surface area contributed by atoms with Crippen molar-refractivity contribution in [3.8, 4) is 0 Å². The number of carbonyl (C=O) groups excluding carboxylic acids is 1. The van der Waals surface area contributed by atoms with E-state index < -0.39 is 0 Å². The number of piperidine rings is 1. The molecule has 0 aliphatic carbocycles. The average Bonchev–Trinajstić information content (AvgIpc) is 3.07. The molecule has 0 N–H and O–H groups in total. The van der Waals surface area contributed by atoms with Crippen LogP contribution >= 0.6 is 0 Å². The Kier molecular flexibility index (Phi) is 7.27. The maximum atomic E-state index is 13.4. The summed E-state index contributed by atoms with van der Waals surface area (Å²) in [6, 6.07) is 10.5. The van der Waals surface area contributed by atoms with Crippen LogP contribution in [-0.2, 0) is 0 Å². The zero-order chi connectivity index (χ0) is 21.6. The molecule has 0 atom stereocenters. The predicted octanol–water partition coefficient (Wildman–Crippen LogP) is 2.92. The summed E-state index contributed by atoms with van der Waals surface area (Å²) in [7, 11) is 0. The highest BCUT2D eigenvalue weighted by atomic mass is 16.2. The van der Waals surface area contributed by atoms with Gasteiger partial charge < -0.3 is 4.90 Å². The average molecular weight is 423 g/mol. The third kappa shape index (κ3) is 5.29. The van der Waals surface area contributed by atoms with Crippen molar-refractivity contribution in [1.82, 2.24) is 24.8 Å². The summed E-state index contributed by atoms with van der Waals surface area (Å²) < 4.78 is 0. The van der Waals surface area contributed by atoms with Gasteiger partial charge in [0.1, 0.15) is 5.69 Å². The van der Waals surface area contributed by atoms with Gasteiger partial charge in [-0.15, -0.1) is 0 Å². The van der Waals surface area contributed by atoms with Crippen molar-refractivity contribution in [3.63, 3.8) is 0 Å².